The minimum absolute atomic E-state index is 1.28. The van der Waals surface area contributed by atoms with Gasteiger partial charge in [-0.3, -0.25) is 0 Å². The third kappa shape index (κ3) is 16.1. The molecule has 0 saturated heterocycles. The van der Waals surface area contributed by atoms with E-state index in [4.69, 9.17) is 33.2 Å². The smallest absolute Gasteiger partial charge is 0.444 e. The van der Waals surface area contributed by atoms with Crippen LogP contribution in [0.4, 0.5) is 0 Å². The van der Waals surface area contributed by atoms with Gasteiger partial charge in [-0.05, 0) is 52.4 Å². The van der Waals surface area contributed by atoms with Crippen molar-refractivity contribution >= 4 is 73.1 Å². The highest BCUT2D eigenvalue weighted by atomic mass is 28.5. The average Bonchev–Trinajstić information content (AvgIpc) is 2.41. The first kappa shape index (κ1) is 29.3. The highest BCUT2D eigenvalue weighted by Gasteiger charge is 2.50. The van der Waals surface area contributed by atoms with Gasteiger partial charge >= 0.3 is 27.4 Å². The summed E-state index contributed by atoms with van der Waals surface area (Å²) in [6.07, 6.45) is 0. The Morgan fingerprint density at radius 2 is 1.32 bits per heavy atom. The van der Waals surface area contributed by atoms with Gasteiger partial charge in [0.25, 0.3) is 20.0 Å². The van der Waals surface area contributed by atoms with Crippen molar-refractivity contribution in [2.45, 2.75) is 58.9 Å². The van der Waals surface area contributed by atoms with E-state index in [0.29, 0.717) is 0 Å². The maximum atomic E-state index is 10.9. The van der Waals surface area contributed by atoms with Gasteiger partial charge in [0.15, 0.2) is 25.7 Å². The molecule has 0 aliphatic carbocycles. The Morgan fingerprint density at radius 1 is 0.750 bits per heavy atom. The molecule has 0 aromatic rings. The topological polar surface area (TPSA) is 114 Å². The third-order valence-corrected chi connectivity index (χ3v) is 22.7. The second-order valence-corrected chi connectivity index (χ2v) is 30.8. The lowest BCUT2D eigenvalue weighted by Gasteiger charge is -2.33. The molecular weight excluding hydrogens is 505 g/mol. The summed E-state index contributed by atoms with van der Waals surface area (Å²) in [5, 5.41) is 0. The maximum absolute atomic E-state index is 10.9. The van der Waals surface area contributed by atoms with E-state index in [9.17, 15) is 9.59 Å². The van der Waals surface area contributed by atoms with E-state index in [-0.39, 0.29) is 0 Å². The third-order valence-electron chi connectivity index (χ3n) is 2.65. The Bertz CT molecular complexity index is 445. The molecule has 0 rings (SSSR count). The van der Waals surface area contributed by atoms with Crippen LogP contribution in [0.15, 0.2) is 0 Å². The molecule has 0 heterocycles. The van der Waals surface area contributed by atoms with Crippen LogP contribution in [0.3, 0.4) is 0 Å². The van der Waals surface area contributed by atoms with Crippen molar-refractivity contribution in [3.8, 4) is 0 Å². The van der Waals surface area contributed by atoms with Crippen LogP contribution in [0.25, 0.3) is 0 Å². The Labute approximate surface area is 181 Å². The van der Waals surface area contributed by atoms with Crippen molar-refractivity contribution in [1.29, 1.82) is 0 Å². The molecule has 0 aromatic carbocycles. The highest BCUT2D eigenvalue weighted by Crippen LogP contribution is 2.17. The zero-order valence-electron chi connectivity index (χ0n) is 18.7. The Morgan fingerprint density at radius 3 is 1.75 bits per heavy atom. The lowest BCUT2D eigenvalue weighted by Crippen LogP contribution is -2.59. The largest absolute Gasteiger partial charge is 0.649 e. The van der Waals surface area contributed by atoms with Crippen molar-refractivity contribution < 1.29 is 42.8 Å². The predicted octanol–water partition coefficient (Wildman–Crippen LogP) is -0.894. The molecule has 0 bridgehead atoms. The van der Waals surface area contributed by atoms with Crippen molar-refractivity contribution in [2.75, 3.05) is 7.11 Å². The second kappa shape index (κ2) is 12.4. The summed E-state index contributed by atoms with van der Waals surface area (Å²) in [5.41, 5.74) is 0. The highest BCUT2D eigenvalue weighted by molar-refractivity contribution is 6.81. The van der Waals surface area contributed by atoms with E-state index in [1.807, 2.05) is 52.4 Å². The summed E-state index contributed by atoms with van der Waals surface area (Å²) in [4.78, 5) is 21.4. The maximum Gasteiger partial charge on any atom is 0.649 e. The number of hydrogen-bond donors (Lipinski definition) is 2. The molecule has 10 nitrogen and oxygen atoms in total. The number of rotatable bonds is 15. The van der Waals surface area contributed by atoms with Crippen LogP contribution in [0.1, 0.15) is 0 Å². The zero-order chi connectivity index (χ0) is 22.2. The van der Waals surface area contributed by atoms with Crippen LogP contribution in [-0.2, 0) is 33.2 Å². The van der Waals surface area contributed by atoms with Gasteiger partial charge in [-0.1, -0.05) is 0 Å². The SMILES string of the molecule is CO[SiH](O[Si](C)(O)O[SiH2]O[Si](C)(C)C)O[Si](O)(O[SiH2]O[SiH](C)C)O[Si](C)(C)C. The molecule has 0 aliphatic heterocycles. The molecule has 0 radical (unpaired) electrons. The molecule has 0 aromatic heterocycles. The normalized spacial score (nSPS) is 19.6. The quantitative estimate of drug-likeness (QED) is 0.252. The van der Waals surface area contributed by atoms with E-state index >= 15 is 0 Å². The lowest BCUT2D eigenvalue weighted by atomic mass is 11.8. The summed E-state index contributed by atoms with van der Waals surface area (Å²) in [6, 6.07) is 0. The van der Waals surface area contributed by atoms with Gasteiger partial charge in [0.2, 0.25) is 0 Å². The molecule has 28 heavy (non-hydrogen) atoms. The molecule has 2 N–H and O–H groups in total. The van der Waals surface area contributed by atoms with E-state index < -0.39 is 73.1 Å². The monoisotopic (exact) mass is 542 g/mol. The average molecular weight is 543 g/mol. The summed E-state index contributed by atoms with van der Waals surface area (Å²) in [7, 11) is -17.2. The molecule has 0 amide bonds. The molecular formula is C10H38O10Si8. The van der Waals surface area contributed by atoms with Gasteiger partial charge in [-0.25, -0.2) is 0 Å². The van der Waals surface area contributed by atoms with E-state index in [1.54, 1.807) is 0 Å². The molecule has 18 heteroatoms. The standard InChI is InChI=1S/C10H38O10Si8/c1-13-24(18-27(10,11)16-22-15-25(4,5)6)19-28(12,20-26(7,8)9)17-21-14-23(2)3/h11-12,23-24H,21-22H2,1-10H3. The molecule has 0 aliphatic rings. The number of hydrogen-bond acceptors (Lipinski definition) is 10. The van der Waals surface area contributed by atoms with Crippen LogP contribution in [-0.4, -0.2) is 89.8 Å². The first-order chi connectivity index (χ1) is 12.5. The van der Waals surface area contributed by atoms with Gasteiger partial charge in [-0.15, -0.1) is 0 Å². The van der Waals surface area contributed by atoms with Crippen LogP contribution >= 0.6 is 0 Å². The summed E-state index contributed by atoms with van der Waals surface area (Å²) in [5.74, 6) is 0. The van der Waals surface area contributed by atoms with Crippen LogP contribution in [0.5, 0.6) is 0 Å². The van der Waals surface area contributed by atoms with Crippen LogP contribution in [0.2, 0.25) is 58.9 Å². The molecule has 3 atom stereocenters. The molecule has 0 fully saturated rings. The van der Waals surface area contributed by atoms with Gasteiger partial charge in [-0.2, -0.15) is 0 Å². The fourth-order valence-corrected chi connectivity index (χ4v) is 17.2. The Balaban J connectivity index is 4.97. The van der Waals surface area contributed by atoms with Crippen molar-refractivity contribution in [3.63, 3.8) is 0 Å². The first-order valence-electron chi connectivity index (χ1n) is 9.04. The molecule has 0 spiro atoms. The Kier molecular flexibility index (Phi) is 13.0. The zero-order valence-corrected chi connectivity index (χ0v) is 27.9. The van der Waals surface area contributed by atoms with Gasteiger partial charge < -0.3 is 42.8 Å². The first-order valence-corrected chi connectivity index (χ1v) is 26.3. The minimum atomic E-state index is -4.02. The Hall–Kier alpha value is 1.34. The van der Waals surface area contributed by atoms with Crippen molar-refractivity contribution in [2.24, 2.45) is 0 Å². The van der Waals surface area contributed by atoms with Gasteiger partial charge in [0.05, 0.1) is 0 Å². The van der Waals surface area contributed by atoms with Crippen LogP contribution in [0, 0.1) is 0 Å². The lowest BCUT2D eigenvalue weighted by molar-refractivity contribution is 0.0929. The minimum Gasteiger partial charge on any atom is -0.444 e. The van der Waals surface area contributed by atoms with E-state index in [0.717, 1.165) is 0 Å². The molecule has 0 saturated carbocycles. The van der Waals surface area contributed by atoms with E-state index in [2.05, 4.69) is 0 Å². The summed E-state index contributed by atoms with van der Waals surface area (Å²) in [6.45, 7) is 17.4. The van der Waals surface area contributed by atoms with E-state index in [1.165, 1.54) is 13.7 Å². The fraction of sp³-hybridized carbons (Fsp3) is 1.00. The summed E-state index contributed by atoms with van der Waals surface area (Å²) < 4.78 is 44.7. The molecule has 170 valence electrons. The predicted molar refractivity (Wildman–Crippen MR) is 126 cm³/mol. The van der Waals surface area contributed by atoms with Crippen molar-refractivity contribution in [3.05, 3.63) is 0 Å². The van der Waals surface area contributed by atoms with Gasteiger partial charge in [0.1, 0.15) is 0 Å². The van der Waals surface area contributed by atoms with Gasteiger partial charge in [0, 0.05) is 13.7 Å². The molecule has 3 unspecified atom stereocenters. The van der Waals surface area contributed by atoms with Crippen molar-refractivity contribution in [1.82, 2.24) is 0 Å². The van der Waals surface area contributed by atoms with Crippen LogP contribution < -0.4 is 0 Å². The second-order valence-electron chi connectivity index (χ2n) is 8.39. The summed E-state index contributed by atoms with van der Waals surface area (Å²) >= 11 is 0. The fourth-order valence-electron chi connectivity index (χ4n) is 1.49.